The molecule has 0 unspecified atom stereocenters. The third kappa shape index (κ3) is 6.41. The molecule has 164 valence electrons. The van der Waals surface area contributed by atoms with Crippen molar-refractivity contribution in [2.45, 2.75) is 6.61 Å². The lowest BCUT2D eigenvalue weighted by Gasteiger charge is -2.07. The lowest BCUT2D eigenvalue weighted by molar-refractivity contribution is 0.0950. The van der Waals surface area contributed by atoms with E-state index in [9.17, 15) is 4.79 Å². The number of H-pyrrole nitrogens is 1. The first-order chi connectivity index (χ1) is 16.2. The predicted molar refractivity (Wildman–Crippen MR) is 131 cm³/mol. The zero-order valence-corrected chi connectivity index (χ0v) is 18.4. The Kier molecular flexibility index (Phi) is 7.30. The number of hydrazone groups is 1. The van der Waals surface area contributed by atoms with Gasteiger partial charge in [0.1, 0.15) is 18.1 Å². The molecule has 0 atom stereocenters. The normalized spacial score (nSPS) is 11.2. The molecule has 0 aliphatic carbocycles. The fourth-order valence-electron chi connectivity index (χ4n) is 2.97. The highest BCUT2D eigenvalue weighted by atomic mass is 35.5. The average molecular weight is 457 g/mol. The molecule has 0 spiro atoms. The molecule has 4 aromatic rings. The molecule has 1 amide bonds. The minimum atomic E-state index is -0.374. The minimum Gasteiger partial charge on any atom is -0.489 e. The number of benzene rings is 3. The van der Waals surface area contributed by atoms with Crippen LogP contribution in [0.4, 0.5) is 0 Å². The highest BCUT2D eigenvalue weighted by molar-refractivity contribution is 6.30. The third-order valence-electron chi connectivity index (χ3n) is 4.71. The van der Waals surface area contributed by atoms with Gasteiger partial charge in [-0.3, -0.25) is 9.89 Å². The van der Waals surface area contributed by atoms with Crippen LogP contribution in [0.25, 0.3) is 17.3 Å². The Hall–Kier alpha value is -4.16. The molecule has 6 nitrogen and oxygen atoms in total. The number of carbonyl (C=O) groups is 1. The summed E-state index contributed by atoms with van der Waals surface area (Å²) in [5.41, 5.74) is 6.38. The Morgan fingerprint density at radius 2 is 1.79 bits per heavy atom. The number of aromatic amines is 1. The number of halogens is 1. The number of nitrogens with zero attached hydrogens (tertiary/aromatic N) is 2. The first-order valence-electron chi connectivity index (χ1n) is 10.3. The molecule has 3 aromatic carbocycles. The van der Waals surface area contributed by atoms with Crippen molar-refractivity contribution in [3.8, 4) is 17.0 Å². The van der Waals surface area contributed by atoms with E-state index in [1.165, 1.54) is 6.21 Å². The molecule has 2 N–H and O–H groups in total. The van der Waals surface area contributed by atoms with Gasteiger partial charge in [-0.15, -0.1) is 0 Å². The number of aromatic nitrogens is 2. The summed E-state index contributed by atoms with van der Waals surface area (Å²) in [4.78, 5) is 12.3. The van der Waals surface area contributed by atoms with E-state index in [1.54, 1.807) is 12.1 Å². The average Bonchev–Trinajstić information content (AvgIpc) is 3.35. The van der Waals surface area contributed by atoms with Crippen LogP contribution >= 0.6 is 11.6 Å². The fourth-order valence-corrected chi connectivity index (χ4v) is 3.10. The highest BCUT2D eigenvalue weighted by Gasteiger charge is 2.10. The van der Waals surface area contributed by atoms with Crippen molar-refractivity contribution in [3.63, 3.8) is 0 Å². The zero-order chi connectivity index (χ0) is 22.9. The quantitative estimate of drug-likeness (QED) is 0.262. The summed E-state index contributed by atoms with van der Waals surface area (Å²) in [5.74, 6) is 0.362. The van der Waals surface area contributed by atoms with Crippen LogP contribution in [0.5, 0.6) is 5.75 Å². The van der Waals surface area contributed by atoms with E-state index in [2.05, 4.69) is 20.7 Å². The molecule has 33 heavy (non-hydrogen) atoms. The largest absolute Gasteiger partial charge is 0.489 e. The molecule has 0 saturated heterocycles. The standard InChI is InChI=1S/C26H21ClN4O2/c27-22-12-8-20(9-13-22)18-33-23-14-10-21(11-15-23)24-17-25(30-29-24)26(32)31-28-16-4-7-19-5-2-1-3-6-19/h1-17H,18H2,(H,29,30)(H,31,32). The van der Waals surface area contributed by atoms with Gasteiger partial charge < -0.3 is 4.74 Å². The van der Waals surface area contributed by atoms with Gasteiger partial charge in [0.2, 0.25) is 0 Å². The van der Waals surface area contributed by atoms with Gasteiger partial charge in [-0.25, -0.2) is 5.43 Å². The maximum Gasteiger partial charge on any atom is 0.289 e. The summed E-state index contributed by atoms with van der Waals surface area (Å²) in [7, 11) is 0. The Morgan fingerprint density at radius 3 is 2.55 bits per heavy atom. The van der Waals surface area contributed by atoms with Crippen molar-refractivity contribution in [2.24, 2.45) is 5.10 Å². The number of amides is 1. The van der Waals surface area contributed by atoms with Gasteiger partial charge in [0.25, 0.3) is 5.91 Å². The molecule has 0 aliphatic rings. The van der Waals surface area contributed by atoms with Gasteiger partial charge in [0.05, 0.1) is 5.69 Å². The second kappa shape index (κ2) is 10.9. The van der Waals surface area contributed by atoms with Crippen LogP contribution in [0, 0.1) is 0 Å². The van der Waals surface area contributed by atoms with E-state index in [0.717, 1.165) is 22.4 Å². The van der Waals surface area contributed by atoms with Crippen molar-refractivity contribution < 1.29 is 9.53 Å². The number of carbonyl (C=O) groups excluding carboxylic acids is 1. The summed E-state index contributed by atoms with van der Waals surface area (Å²) in [6, 6.07) is 26.5. The molecule has 1 aromatic heterocycles. The van der Waals surface area contributed by atoms with Crippen molar-refractivity contribution in [3.05, 3.63) is 113 Å². The van der Waals surface area contributed by atoms with E-state index in [4.69, 9.17) is 16.3 Å². The zero-order valence-electron chi connectivity index (χ0n) is 17.6. The van der Waals surface area contributed by atoms with Crippen LogP contribution in [-0.2, 0) is 6.61 Å². The number of hydrogen-bond acceptors (Lipinski definition) is 4. The van der Waals surface area contributed by atoms with Gasteiger partial charge in [-0.2, -0.15) is 10.2 Å². The monoisotopic (exact) mass is 456 g/mol. The predicted octanol–water partition coefficient (Wildman–Crippen LogP) is 5.74. The maximum atomic E-state index is 12.3. The topological polar surface area (TPSA) is 79.4 Å². The molecule has 0 bridgehead atoms. The van der Waals surface area contributed by atoms with Crippen molar-refractivity contribution in [2.75, 3.05) is 0 Å². The minimum absolute atomic E-state index is 0.317. The molecular weight excluding hydrogens is 436 g/mol. The molecule has 0 radical (unpaired) electrons. The fraction of sp³-hybridized carbons (Fsp3) is 0.0385. The molecule has 0 fully saturated rings. The number of nitrogens with one attached hydrogen (secondary N) is 2. The Labute approximate surface area is 196 Å². The molecular formula is C26H21ClN4O2. The Morgan fingerprint density at radius 1 is 1.03 bits per heavy atom. The number of ether oxygens (including phenoxy) is 1. The van der Waals surface area contributed by atoms with Crippen LogP contribution in [0.3, 0.4) is 0 Å². The smallest absolute Gasteiger partial charge is 0.289 e. The van der Waals surface area contributed by atoms with E-state index in [-0.39, 0.29) is 5.91 Å². The molecule has 0 saturated carbocycles. The van der Waals surface area contributed by atoms with Crippen LogP contribution in [0.15, 0.2) is 96.1 Å². The van der Waals surface area contributed by atoms with Crippen molar-refractivity contribution in [1.29, 1.82) is 0 Å². The first kappa shape index (κ1) is 22.0. The summed E-state index contributed by atoms with van der Waals surface area (Å²) in [5, 5.41) is 11.6. The highest BCUT2D eigenvalue weighted by Crippen LogP contribution is 2.22. The maximum absolute atomic E-state index is 12.3. The number of rotatable bonds is 8. The van der Waals surface area contributed by atoms with Gasteiger partial charge in [-0.1, -0.05) is 60.1 Å². The lowest BCUT2D eigenvalue weighted by Crippen LogP contribution is -2.17. The van der Waals surface area contributed by atoms with E-state index in [1.807, 2.05) is 84.9 Å². The number of hydrogen-bond donors (Lipinski definition) is 2. The molecule has 7 heteroatoms. The van der Waals surface area contributed by atoms with Crippen LogP contribution in [0.1, 0.15) is 21.6 Å². The third-order valence-corrected chi connectivity index (χ3v) is 4.96. The Balaban J connectivity index is 1.29. The van der Waals surface area contributed by atoms with Crippen LogP contribution in [0.2, 0.25) is 5.02 Å². The summed E-state index contributed by atoms with van der Waals surface area (Å²) in [6.07, 6.45) is 5.17. The first-order valence-corrected chi connectivity index (χ1v) is 10.6. The Bertz CT molecular complexity index is 1250. The van der Waals surface area contributed by atoms with E-state index in [0.29, 0.717) is 23.0 Å². The summed E-state index contributed by atoms with van der Waals surface area (Å²) < 4.78 is 5.80. The van der Waals surface area contributed by atoms with Gasteiger partial charge in [0.15, 0.2) is 0 Å². The lowest BCUT2D eigenvalue weighted by atomic mass is 10.1. The van der Waals surface area contributed by atoms with Crippen molar-refractivity contribution >= 4 is 29.8 Å². The summed E-state index contributed by atoms with van der Waals surface area (Å²) >= 11 is 5.90. The van der Waals surface area contributed by atoms with Crippen LogP contribution in [-0.4, -0.2) is 22.3 Å². The van der Waals surface area contributed by atoms with Crippen molar-refractivity contribution in [1.82, 2.24) is 15.6 Å². The second-order valence-electron chi connectivity index (χ2n) is 7.10. The SMILES string of the molecule is O=C(NN=CC=Cc1ccccc1)c1cc(-c2ccc(OCc3ccc(Cl)cc3)cc2)n[nH]1. The van der Waals surface area contributed by atoms with E-state index < -0.39 is 0 Å². The molecule has 1 heterocycles. The molecule has 4 rings (SSSR count). The molecule has 0 aliphatic heterocycles. The van der Waals surface area contributed by atoms with E-state index >= 15 is 0 Å². The van der Waals surface area contributed by atoms with Gasteiger partial charge in [0, 0.05) is 16.8 Å². The van der Waals surface area contributed by atoms with Gasteiger partial charge in [-0.05, 0) is 59.7 Å². The number of allylic oxidation sites excluding steroid dienone is 1. The van der Waals surface area contributed by atoms with Crippen LogP contribution < -0.4 is 10.2 Å². The van der Waals surface area contributed by atoms with Gasteiger partial charge >= 0.3 is 0 Å². The summed E-state index contributed by atoms with van der Waals surface area (Å²) in [6.45, 7) is 0.449. The second-order valence-corrected chi connectivity index (χ2v) is 7.53.